The molecule has 4 heterocycles. The molecule has 10 heteroatoms. The molecule has 0 radical (unpaired) electrons. The third kappa shape index (κ3) is 3.89. The highest BCUT2D eigenvalue weighted by atomic mass is 32.2. The zero-order valence-corrected chi connectivity index (χ0v) is 18.2. The van der Waals surface area contributed by atoms with E-state index in [0.29, 0.717) is 6.54 Å². The van der Waals surface area contributed by atoms with Crippen LogP contribution in [0.1, 0.15) is 5.76 Å². The number of nitrogens with zero attached hydrogens (tertiary/aromatic N) is 4. The fraction of sp³-hybridized carbons (Fsp3) is 0.100. The zero-order valence-electron chi connectivity index (χ0n) is 15.7. The summed E-state index contributed by atoms with van der Waals surface area (Å²) in [5, 5.41) is 16.5. The molecule has 5 rings (SSSR count). The van der Waals surface area contributed by atoms with E-state index < -0.39 is 0 Å². The van der Waals surface area contributed by atoms with Gasteiger partial charge in [0.25, 0.3) is 0 Å². The third-order valence-electron chi connectivity index (χ3n) is 4.32. The molecule has 0 aliphatic carbocycles. The highest BCUT2D eigenvalue weighted by Crippen LogP contribution is 2.41. The molecule has 0 saturated carbocycles. The third-order valence-corrected chi connectivity index (χ3v) is 7.14. The van der Waals surface area contributed by atoms with E-state index in [1.807, 2.05) is 36.4 Å². The van der Waals surface area contributed by atoms with E-state index in [9.17, 15) is 0 Å². The van der Waals surface area contributed by atoms with Crippen molar-refractivity contribution in [2.45, 2.75) is 15.9 Å². The molecular weight excluding hydrogens is 438 g/mol. The van der Waals surface area contributed by atoms with E-state index in [1.54, 1.807) is 31.0 Å². The average molecular weight is 454 g/mol. The van der Waals surface area contributed by atoms with Crippen LogP contribution in [-0.4, -0.2) is 27.3 Å². The van der Waals surface area contributed by atoms with Gasteiger partial charge in [-0.15, -0.1) is 21.5 Å². The number of ether oxygens (including phenoxy) is 1. The quantitative estimate of drug-likeness (QED) is 0.320. The van der Waals surface area contributed by atoms with Crippen LogP contribution in [-0.2, 0) is 6.54 Å². The molecule has 0 fully saturated rings. The summed E-state index contributed by atoms with van der Waals surface area (Å²) in [6, 6.07) is 11.8. The molecule has 0 unspecified atom stereocenters. The van der Waals surface area contributed by atoms with Crippen molar-refractivity contribution in [1.29, 1.82) is 0 Å². The minimum atomic E-state index is 0.566. The zero-order chi connectivity index (χ0) is 20.3. The first kappa shape index (κ1) is 19.0. The monoisotopic (exact) mass is 453 g/mol. The number of hydrogen-bond acceptors (Lipinski definition) is 10. The lowest BCUT2D eigenvalue weighted by atomic mass is 10.1. The smallest absolute Gasteiger partial charge is 0.206 e. The van der Waals surface area contributed by atoms with Gasteiger partial charge in [0.1, 0.15) is 27.7 Å². The van der Waals surface area contributed by atoms with E-state index in [1.165, 1.54) is 23.1 Å². The summed E-state index contributed by atoms with van der Waals surface area (Å²) in [5.74, 6) is 1.67. The molecule has 0 aliphatic heterocycles. The van der Waals surface area contributed by atoms with Crippen molar-refractivity contribution in [3.8, 4) is 16.9 Å². The van der Waals surface area contributed by atoms with Gasteiger partial charge in [-0.3, -0.25) is 0 Å². The summed E-state index contributed by atoms with van der Waals surface area (Å²) in [4.78, 5) is 9.91. The van der Waals surface area contributed by atoms with Crippen molar-refractivity contribution in [2.24, 2.45) is 0 Å². The van der Waals surface area contributed by atoms with Gasteiger partial charge in [0.2, 0.25) is 5.13 Å². The first-order chi connectivity index (χ1) is 14.8. The lowest BCUT2D eigenvalue weighted by molar-refractivity contribution is 0.415. The molecule has 0 atom stereocenters. The van der Waals surface area contributed by atoms with Crippen molar-refractivity contribution < 1.29 is 9.15 Å². The lowest BCUT2D eigenvalue weighted by Gasteiger charge is -2.05. The van der Waals surface area contributed by atoms with Crippen molar-refractivity contribution in [3.63, 3.8) is 0 Å². The first-order valence-electron chi connectivity index (χ1n) is 8.94. The van der Waals surface area contributed by atoms with Crippen LogP contribution < -0.4 is 10.1 Å². The number of methoxy groups -OCH3 is 1. The minimum absolute atomic E-state index is 0.566. The predicted octanol–water partition coefficient (Wildman–Crippen LogP) is 5.57. The molecule has 0 saturated heterocycles. The fourth-order valence-electron chi connectivity index (χ4n) is 2.89. The summed E-state index contributed by atoms with van der Waals surface area (Å²) in [5.41, 5.74) is 2.19. The SMILES string of the molecule is COc1ccc(-c2csc3ncnc(Sc4nnc(NCc5ccco5)s4)c23)cc1. The van der Waals surface area contributed by atoms with Crippen LogP contribution in [0, 0.1) is 0 Å². The van der Waals surface area contributed by atoms with E-state index >= 15 is 0 Å². The summed E-state index contributed by atoms with van der Waals surface area (Å²) in [6.45, 7) is 0.566. The molecule has 0 amide bonds. The maximum Gasteiger partial charge on any atom is 0.206 e. The summed E-state index contributed by atoms with van der Waals surface area (Å²) in [7, 11) is 1.66. The van der Waals surface area contributed by atoms with Crippen LogP contribution in [0.5, 0.6) is 5.75 Å². The predicted molar refractivity (Wildman–Crippen MR) is 119 cm³/mol. The maximum absolute atomic E-state index is 5.33. The Hall–Kier alpha value is -2.95. The van der Waals surface area contributed by atoms with Crippen LogP contribution in [0.15, 0.2) is 68.2 Å². The van der Waals surface area contributed by atoms with Gasteiger partial charge >= 0.3 is 0 Å². The number of furan rings is 1. The molecule has 30 heavy (non-hydrogen) atoms. The Morgan fingerprint density at radius 2 is 2.03 bits per heavy atom. The van der Waals surface area contributed by atoms with Gasteiger partial charge < -0.3 is 14.5 Å². The van der Waals surface area contributed by atoms with Gasteiger partial charge in [-0.1, -0.05) is 23.5 Å². The van der Waals surface area contributed by atoms with Crippen molar-refractivity contribution in [2.75, 3.05) is 12.4 Å². The van der Waals surface area contributed by atoms with Crippen LogP contribution in [0.2, 0.25) is 0 Å². The Bertz CT molecular complexity index is 1270. The second-order valence-corrected chi connectivity index (χ2v) is 9.22. The Kier molecular flexibility index (Phi) is 5.35. The molecule has 4 aromatic heterocycles. The summed E-state index contributed by atoms with van der Waals surface area (Å²) < 4.78 is 11.4. The van der Waals surface area contributed by atoms with E-state index in [0.717, 1.165) is 47.4 Å². The van der Waals surface area contributed by atoms with E-state index in [2.05, 4.69) is 30.9 Å². The Balaban J connectivity index is 1.41. The Morgan fingerprint density at radius 1 is 1.13 bits per heavy atom. The van der Waals surface area contributed by atoms with Crippen molar-refractivity contribution in [1.82, 2.24) is 20.2 Å². The minimum Gasteiger partial charge on any atom is -0.497 e. The van der Waals surface area contributed by atoms with Gasteiger partial charge in [-0.25, -0.2) is 9.97 Å². The van der Waals surface area contributed by atoms with E-state index in [-0.39, 0.29) is 0 Å². The highest BCUT2D eigenvalue weighted by Gasteiger charge is 2.16. The molecule has 0 spiro atoms. The Labute approximate surface area is 184 Å². The molecule has 150 valence electrons. The largest absolute Gasteiger partial charge is 0.497 e. The molecule has 1 aromatic carbocycles. The van der Waals surface area contributed by atoms with Gasteiger partial charge in [0.15, 0.2) is 4.34 Å². The van der Waals surface area contributed by atoms with Gasteiger partial charge in [-0.2, -0.15) is 0 Å². The maximum atomic E-state index is 5.33. The van der Waals surface area contributed by atoms with Crippen LogP contribution in [0.4, 0.5) is 5.13 Å². The van der Waals surface area contributed by atoms with Crippen molar-refractivity contribution in [3.05, 3.63) is 60.1 Å². The van der Waals surface area contributed by atoms with Crippen LogP contribution in [0.3, 0.4) is 0 Å². The van der Waals surface area contributed by atoms with Crippen LogP contribution >= 0.6 is 34.4 Å². The van der Waals surface area contributed by atoms with Gasteiger partial charge in [0.05, 0.1) is 25.3 Å². The number of anilines is 1. The molecule has 5 aromatic rings. The molecule has 0 aliphatic rings. The molecular formula is C20H15N5O2S3. The second kappa shape index (κ2) is 8.42. The lowest BCUT2D eigenvalue weighted by Crippen LogP contribution is -1.96. The number of aromatic nitrogens is 4. The van der Waals surface area contributed by atoms with E-state index in [4.69, 9.17) is 9.15 Å². The topological polar surface area (TPSA) is 86.0 Å². The van der Waals surface area contributed by atoms with Crippen LogP contribution in [0.25, 0.3) is 21.3 Å². The molecule has 7 nitrogen and oxygen atoms in total. The number of benzene rings is 1. The van der Waals surface area contributed by atoms with Gasteiger partial charge in [0, 0.05) is 10.9 Å². The first-order valence-corrected chi connectivity index (χ1v) is 11.5. The Morgan fingerprint density at radius 3 is 2.83 bits per heavy atom. The second-order valence-electron chi connectivity index (χ2n) is 6.14. The number of rotatable bonds is 7. The summed E-state index contributed by atoms with van der Waals surface area (Å²) >= 11 is 4.58. The highest BCUT2D eigenvalue weighted by molar-refractivity contribution is 8.01. The van der Waals surface area contributed by atoms with Gasteiger partial charge in [-0.05, 0) is 41.6 Å². The number of hydrogen-bond donors (Lipinski definition) is 1. The standard InChI is InChI=1S/C20H15N5O2S3/c1-26-13-6-4-12(5-7-13)15-10-28-17-16(15)18(23-11-22-17)29-20-25-24-19(30-20)21-9-14-3-2-8-27-14/h2-8,10-11H,9H2,1H3,(H,21,24). The molecule has 1 N–H and O–H groups in total. The average Bonchev–Trinajstić information content (AvgIpc) is 3.53. The number of nitrogens with one attached hydrogen (secondary N) is 1. The summed E-state index contributed by atoms with van der Waals surface area (Å²) in [6.07, 6.45) is 3.25. The fourth-order valence-corrected chi connectivity index (χ4v) is 5.64. The molecule has 0 bridgehead atoms. The normalized spacial score (nSPS) is 11.1. The number of fused-ring (bicyclic) bond motifs is 1. The van der Waals surface area contributed by atoms with Crippen molar-refractivity contribution >= 4 is 49.8 Å². The number of thiophene rings is 1.